The Bertz CT molecular complexity index is 896. The van der Waals surface area contributed by atoms with Gasteiger partial charge in [-0.25, -0.2) is 0 Å². The van der Waals surface area contributed by atoms with Gasteiger partial charge in [-0.15, -0.1) is 0 Å². The number of hydrogen-bond acceptors (Lipinski definition) is 6. The van der Waals surface area contributed by atoms with Crippen LogP contribution in [-0.4, -0.2) is 39.8 Å². The topological polar surface area (TPSA) is 100 Å². The largest absolute Gasteiger partial charge is 0.496 e. The molecule has 7 nitrogen and oxygen atoms in total. The first-order chi connectivity index (χ1) is 12.6. The molecule has 26 heavy (non-hydrogen) atoms. The Kier molecular flexibility index (Phi) is 5.20. The molecule has 1 aromatic heterocycles. The second-order valence-corrected chi connectivity index (χ2v) is 5.84. The number of nitrogens with zero attached hydrogens (tertiary/aromatic N) is 2. The fourth-order valence-electron chi connectivity index (χ4n) is 3.00. The van der Waals surface area contributed by atoms with Crippen LogP contribution in [0.15, 0.2) is 30.3 Å². The van der Waals surface area contributed by atoms with E-state index in [1.54, 1.807) is 19.2 Å². The summed E-state index contributed by atoms with van der Waals surface area (Å²) in [4.78, 5) is 0. The van der Waals surface area contributed by atoms with Crippen LogP contribution in [0.4, 0.5) is 0 Å². The van der Waals surface area contributed by atoms with Gasteiger partial charge in [-0.2, -0.15) is 15.4 Å². The summed E-state index contributed by atoms with van der Waals surface area (Å²) in [5.74, 6) is 1.30. The van der Waals surface area contributed by atoms with E-state index in [0.717, 1.165) is 22.4 Å². The lowest BCUT2D eigenvalue weighted by Crippen LogP contribution is -2.00. The normalized spacial score (nSPS) is 10.8. The Morgan fingerprint density at radius 1 is 0.885 bits per heavy atom. The van der Waals surface area contributed by atoms with Crippen molar-refractivity contribution in [2.75, 3.05) is 14.2 Å². The van der Waals surface area contributed by atoms with Gasteiger partial charge < -0.3 is 19.7 Å². The zero-order valence-electron chi connectivity index (χ0n) is 14.9. The number of aromatic amines is 1. The molecule has 2 aromatic carbocycles. The van der Waals surface area contributed by atoms with Crippen LogP contribution < -0.4 is 9.47 Å². The first-order valence-corrected chi connectivity index (χ1v) is 8.10. The van der Waals surface area contributed by atoms with Gasteiger partial charge in [0.25, 0.3) is 0 Å². The molecule has 3 rings (SSSR count). The molecule has 0 bridgehead atoms. The fraction of sp³-hybridized carbons (Fsp3) is 0.263. The van der Waals surface area contributed by atoms with Crippen LogP contribution in [0.25, 0.3) is 22.5 Å². The van der Waals surface area contributed by atoms with Crippen LogP contribution in [-0.2, 0) is 13.2 Å². The molecule has 1 heterocycles. The van der Waals surface area contributed by atoms with Gasteiger partial charge in [-0.1, -0.05) is 0 Å². The van der Waals surface area contributed by atoms with Crippen molar-refractivity contribution in [3.8, 4) is 34.0 Å². The molecule has 3 N–H and O–H groups in total. The second-order valence-electron chi connectivity index (χ2n) is 5.84. The van der Waals surface area contributed by atoms with Gasteiger partial charge in [0, 0.05) is 16.7 Å². The molecule has 3 aromatic rings. The monoisotopic (exact) mass is 355 g/mol. The van der Waals surface area contributed by atoms with Crippen LogP contribution in [0, 0.1) is 6.92 Å². The number of H-pyrrole nitrogens is 1. The third kappa shape index (κ3) is 3.14. The van der Waals surface area contributed by atoms with E-state index in [9.17, 15) is 10.2 Å². The molecule has 0 aliphatic heterocycles. The molecule has 136 valence electrons. The third-order valence-electron chi connectivity index (χ3n) is 4.34. The summed E-state index contributed by atoms with van der Waals surface area (Å²) >= 11 is 0. The van der Waals surface area contributed by atoms with Crippen LogP contribution in [0.3, 0.4) is 0 Å². The molecule has 0 aliphatic rings. The number of rotatable bonds is 6. The number of aromatic nitrogens is 3. The number of aliphatic hydroxyl groups is 2. The number of aliphatic hydroxyl groups excluding tert-OH is 2. The molecule has 0 fully saturated rings. The van der Waals surface area contributed by atoms with E-state index < -0.39 is 0 Å². The molecular weight excluding hydrogens is 334 g/mol. The number of aryl methyl sites for hydroxylation is 1. The lowest BCUT2D eigenvalue weighted by Gasteiger charge is -2.13. The summed E-state index contributed by atoms with van der Waals surface area (Å²) in [7, 11) is 3.16. The van der Waals surface area contributed by atoms with E-state index in [-0.39, 0.29) is 13.2 Å². The first-order valence-electron chi connectivity index (χ1n) is 8.10. The number of hydrogen-bond donors (Lipinski definition) is 3. The van der Waals surface area contributed by atoms with Crippen molar-refractivity contribution in [3.63, 3.8) is 0 Å². The summed E-state index contributed by atoms with van der Waals surface area (Å²) in [6, 6.07) is 9.35. The Morgan fingerprint density at radius 3 is 2.15 bits per heavy atom. The minimum Gasteiger partial charge on any atom is -0.496 e. The van der Waals surface area contributed by atoms with E-state index in [1.165, 1.54) is 7.11 Å². The molecule has 0 atom stereocenters. The quantitative estimate of drug-likeness (QED) is 0.628. The summed E-state index contributed by atoms with van der Waals surface area (Å²) in [5, 5.41) is 30.4. The lowest BCUT2D eigenvalue weighted by atomic mass is 9.98. The fourth-order valence-corrected chi connectivity index (χ4v) is 3.00. The third-order valence-corrected chi connectivity index (χ3v) is 4.34. The summed E-state index contributed by atoms with van der Waals surface area (Å²) in [6.07, 6.45) is 0. The molecular formula is C19H21N3O4. The van der Waals surface area contributed by atoms with E-state index in [4.69, 9.17) is 9.47 Å². The highest BCUT2D eigenvalue weighted by molar-refractivity contribution is 5.79. The smallest absolute Gasteiger partial charge is 0.125 e. The van der Waals surface area contributed by atoms with Crippen LogP contribution in [0.2, 0.25) is 0 Å². The van der Waals surface area contributed by atoms with Crippen molar-refractivity contribution in [1.82, 2.24) is 15.4 Å². The van der Waals surface area contributed by atoms with Gasteiger partial charge in [0.1, 0.15) is 22.9 Å². The predicted octanol–water partition coefficient (Wildman–Crippen LogP) is 2.45. The molecule has 0 spiro atoms. The van der Waals surface area contributed by atoms with E-state index in [0.29, 0.717) is 28.3 Å². The maximum absolute atomic E-state index is 9.65. The molecule has 0 unspecified atom stereocenters. The van der Waals surface area contributed by atoms with Crippen molar-refractivity contribution in [2.24, 2.45) is 0 Å². The number of ether oxygens (including phenoxy) is 2. The zero-order chi connectivity index (χ0) is 18.7. The Hall–Kier alpha value is -2.90. The van der Waals surface area contributed by atoms with Crippen molar-refractivity contribution >= 4 is 0 Å². The highest BCUT2D eigenvalue weighted by Gasteiger charge is 2.18. The number of methoxy groups -OCH3 is 2. The molecule has 0 radical (unpaired) electrons. The summed E-state index contributed by atoms with van der Waals surface area (Å²) < 4.78 is 10.7. The lowest BCUT2D eigenvalue weighted by molar-refractivity contribution is 0.254. The van der Waals surface area contributed by atoms with Gasteiger partial charge in [-0.05, 0) is 48.4 Å². The minimum atomic E-state index is -0.220. The second kappa shape index (κ2) is 7.55. The number of nitrogens with one attached hydrogen (secondary N) is 1. The number of benzene rings is 2. The molecule has 0 saturated carbocycles. The maximum Gasteiger partial charge on any atom is 0.125 e. The van der Waals surface area contributed by atoms with E-state index in [1.807, 2.05) is 25.1 Å². The molecule has 0 saturated heterocycles. The molecule has 0 aliphatic carbocycles. The van der Waals surface area contributed by atoms with Gasteiger partial charge in [0.2, 0.25) is 0 Å². The molecule has 7 heteroatoms. The molecule has 0 amide bonds. The van der Waals surface area contributed by atoms with Gasteiger partial charge in [-0.3, -0.25) is 0 Å². The van der Waals surface area contributed by atoms with E-state index >= 15 is 0 Å². The minimum absolute atomic E-state index is 0.213. The van der Waals surface area contributed by atoms with Gasteiger partial charge in [0.15, 0.2) is 0 Å². The zero-order valence-corrected chi connectivity index (χ0v) is 14.9. The van der Waals surface area contributed by atoms with Crippen molar-refractivity contribution in [3.05, 3.63) is 47.0 Å². The SMILES string of the molecule is COc1ccc(-c2n[nH]nc2-c2cc(CO)c(CO)c(OC)c2)cc1C. The Labute approximate surface area is 151 Å². The average Bonchev–Trinajstić information content (AvgIpc) is 3.16. The van der Waals surface area contributed by atoms with Crippen LogP contribution >= 0.6 is 0 Å². The summed E-state index contributed by atoms with van der Waals surface area (Å²) in [6.45, 7) is 1.53. The van der Waals surface area contributed by atoms with Gasteiger partial charge in [0.05, 0.1) is 27.4 Å². The summed E-state index contributed by atoms with van der Waals surface area (Å²) in [5.41, 5.74) is 5.07. The van der Waals surface area contributed by atoms with Crippen molar-refractivity contribution < 1.29 is 19.7 Å². The first kappa shape index (κ1) is 17.9. The highest BCUT2D eigenvalue weighted by atomic mass is 16.5. The van der Waals surface area contributed by atoms with Gasteiger partial charge >= 0.3 is 0 Å². The van der Waals surface area contributed by atoms with E-state index in [2.05, 4.69) is 15.4 Å². The predicted molar refractivity (Wildman–Crippen MR) is 96.9 cm³/mol. The standard InChI is InChI=1S/C19H21N3O4/c1-11-6-12(4-5-16(11)25-2)18-19(21-22-20-18)13-7-14(9-23)15(10-24)17(8-13)26-3/h4-8,23-24H,9-10H2,1-3H3,(H,20,21,22). The highest BCUT2D eigenvalue weighted by Crippen LogP contribution is 2.35. The van der Waals surface area contributed by atoms with Crippen molar-refractivity contribution in [2.45, 2.75) is 20.1 Å². The average molecular weight is 355 g/mol. The van der Waals surface area contributed by atoms with Crippen LogP contribution in [0.5, 0.6) is 11.5 Å². The van der Waals surface area contributed by atoms with Crippen LogP contribution in [0.1, 0.15) is 16.7 Å². The maximum atomic E-state index is 9.65. The Morgan fingerprint density at radius 2 is 1.58 bits per heavy atom. The van der Waals surface area contributed by atoms with Crippen molar-refractivity contribution in [1.29, 1.82) is 0 Å². The Balaban J connectivity index is 2.13.